The number of ether oxygens (including phenoxy) is 1. The predicted molar refractivity (Wildman–Crippen MR) is 79.9 cm³/mol. The molecule has 0 radical (unpaired) electrons. The number of nitrogens with one attached hydrogen (secondary N) is 1. The van der Waals surface area contributed by atoms with E-state index in [2.05, 4.69) is 5.32 Å². The summed E-state index contributed by atoms with van der Waals surface area (Å²) >= 11 is 0. The maximum absolute atomic E-state index is 12.9. The Morgan fingerprint density at radius 2 is 2.09 bits per heavy atom. The fourth-order valence-corrected chi connectivity index (χ4v) is 1.84. The quantitative estimate of drug-likeness (QED) is 0.579. The summed E-state index contributed by atoms with van der Waals surface area (Å²) < 4.78 is 17.8. The number of nitrogen functional groups attached to an aromatic ring is 1. The second kappa shape index (κ2) is 7.08. The van der Waals surface area contributed by atoms with E-state index in [0.717, 1.165) is 25.0 Å². The Hall–Kier alpha value is -2.64. The van der Waals surface area contributed by atoms with Gasteiger partial charge in [-0.25, -0.2) is 9.18 Å². The van der Waals surface area contributed by atoms with Crippen molar-refractivity contribution < 1.29 is 23.5 Å². The average Bonchev–Trinajstić information content (AvgIpc) is 3.27. The zero-order chi connectivity index (χ0) is 17.0. The first-order valence-electron chi connectivity index (χ1n) is 7.12. The fraction of sp³-hybridized carbons (Fsp3) is 0.400. The molecule has 0 spiro atoms. The molecular formula is C15H18FN3O4. The highest BCUT2D eigenvalue weighted by Gasteiger charge is 2.24. The molecule has 0 heterocycles. The molecule has 0 atom stereocenters. The SMILES string of the molecule is CN(CC(=O)NC1CC1)C(=O)COC(=O)c1ccc(F)cc1N. The molecule has 2 rings (SSSR count). The monoisotopic (exact) mass is 323 g/mol. The van der Waals surface area contributed by atoms with Crippen LogP contribution in [0.3, 0.4) is 0 Å². The molecule has 3 N–H and O–H groups in total. The van der Waals surface area contributed by atoms with Crippen LogP contribution in [-0.4, -0.2) is 48.9 Å². The lowest BCUT2D eigenvalue weighted by atomic mass is 10.2. The number of benzene rings is 1. The minimum absolute atomic E-state index is 0.0201. The summed E-state index contributed by atoms with van der Waals surface area (Å²) in [5.74, 6) is -2.18. The molecule has 0 saturated heterocycles. The Labute approximate surface area is 132 Å². The second-order valence-corrected chi connectivity index (χ2v) is 5.40. The third-order valence-corrected chi connectivity index (χ3v) is 3.31. The van der Waals surface area contributed by atoms with Crippen molar-refractivity contribution in [2.24, 2.45) is 0 Å². The number of hydrogen-bond acceptors (Lipinski definition) is 5. The van der Waals surface area contributed by atoms with Gasteiger partial charge in [0.05, 0.1) is 12.1 Å². The van der Waals surface area contributed by atoms with Crippen molar-refractivity contribution in [3.8, 4) is 0 Å². The Bertz CT molecular complexity index is 631. The lowest BCUT2D eigenvalue weighted by molar-refractivity contribution is -0.137. The molecule has 1 saturated carbocycles. The Kier molecular flexibility index (Phi) is 5.15. The van der Waals surface area contributed by atoms with Gasteiger partial charge in [-0.15, -0.1) is 0 Å². The molecule has 0 bridgehead atoms. The van der Waals surface area contributed by atoms with Crippen LogP contribution in [-0.2, 0) is 14.3 Å². The fourth-order valence-electron chi connectivity index (χ4n) is 1.84. The number of carbonyl (C=O) groups excluding carboxylic acids is 3. The van der Waals surface area contributed by atoms with Gasteiger partial charge in [-0.1, -0.05) is 0 Å². The standard InChI is InChI=1S/C15H18FN3O4/c1-19(7-13(20)18-10-3-4-10)14(21)8-23-15(22)11-5-2-9(16)6-12(11)17/h2,5-6,10H,3-4,7-8,17H2,1H3,(H,18,20). The summed E-state index contributed by atoms with van der Waals surface area (Å²) in [6.45, 7) is -0.631. The van der Waals surface area contributed by atoms with Gasteiger partial charge in [0.2, 0.25) is 5.91 Å². The zero-order valence-corrected chi connectivity index (χ0v) is 12.7. The van der Waals surface area contributed by atoms with Crippen LogP contribution >= 0.6 is 0 Å². The number of anilines is 1. The van der Waals surface area contributed by atoms with Gasteiger partial charge < -0.3 is 20.7 Å². The highest BCUT2D eigenvalue weighted by Crippen LogP contribution is 2.18. The molecule has 8 heteroatoms. The van der Waals surface area contributed by atoms with Gasteiger partial charge in [-0.3, -0.25) is 9.59 Å². The molecule has 2 amide bonds. The number of likely N-dealkylation sites (N-methyl/N-ethyl adjacent to an activating group) is 1. The van der Waals surface area contributed by atoms with Gasteiger partial charge in [0.1, 0.15) is 5.82 Å². The van der Waals surface area contributed by atoms with Crippen molar-refractivity contribution in [2.75, 3.05) is 25.9 Å². The number of hydrogen-bond donors (Lipinski definition) is 2. The van der Waals surface area contributed by atoms with Gasteiger partial charge in [0, 0.05) is 18.8 Å². The van der Waals surface area contributed by atoms with Crippen molar-refractivity contribution in [2.45, 2.75) is 18.9 Å². The van der Waals surface area contributed by atoms with E-state index < -0.39 is 24.3 Å². The van der Waals surface area contributed by atoms with E-state index in [4.69, 9.17) is 10.5 Å². The number of nitrogens with zero attached hydrogens (tertiary/aromatic N) is 1. The van der Waals surface area contributed by atoms with Crippen LogP contribution in [0, 0.1) is 5.82 Å². The van der Waals surface area contributed by atoms with Crippen molar-refractivity contribution in [1.82, 2.24) is 10.2 Å². The number of nitrogens with two attached hydrogens (primary N) is 1. The molecule has 124 valence electrons. The van der Waals surface area contributed by atoms with Crippen LogP contribution in [0.2, 0.25) is 0 Å². The molecule has 0 unspecified atom stereocenters. The number of halogens is 1. The van der Waals surface area contributed by atoms with E-state index in [1.54, 1.807) is 0 Å². The van der Waals surface area contributed by atoms with Gasteiger partial charge in [-0.2, -0.15) is 0 Å². The lowest BCUT2D eigenvalue weighted by Gasteiger charge is -2.16. The highest BCUT2D eigenvalue weighted by molar-refractivity contribution is 5.96. The summed E-state index contributed by atoms with van der Waals surface area (Å²) in [7, 11) is 1.44. The average molecular weight is 323 g/mol. The van der Waals surface area contributed by atoms with E-state index >= 15 is 0 Å². The number of carbonyl (C=O) groups is 3. The first kappa shape index (κ1) is 16.7. The van der Waals surface area contributed by atoms with E-state index in [0.29, 0.717) is 0 Å². The zero-order valence-electron chi connectivity index (χ0n) is 12.7. The summed E-state index contributed by atoms with van der Waals surface area (Å²) in [6, 6.07) is 3.46. The van der Waals surface area contributed by atoms with Crippen molar-refractivity contribution in [3.05, 3.63) is 29.6 Å². The predicted octanol–water partition coefficient (Wildman–Crippen LogP) is 0.302. The molecule has 1 aromatic carbocycles. The maximum Gasteiger partial charge on any atom is 0.340 e. The van der Waals surface area contributed by atoms with E-state index in [1.165, 1.54) is 18.0 Å². The normalized spacial score (nSPS) is 13.3. The Balaban J connectivity index is 1.80. The summed E-state index contributed by atoms with van der Waals surface area (Å²) in [5.41, 5.74) is 5.43. The van der Waals surface area contributed by atoms with Crippen molar-refractivity contribution in [3.63, 3.8) is 0 Å². The molecule has 1 aromatic rings. The highest BCUT2D eigenvalue weighted by atomic mass is 19.1. The van der Waals surface area contributed by atoms with Crippen LogP contribution in [0.5, 0.6) is 0 Å². The Morgan fingerprint density at radius 1 is 1.39 bits per heavy atom. The van der Waals surface area contributed by atoms with E-state index in [9.17, 15) is 18.8 Å². The largest absolute Gasteiger partial charge is 0.452 e. The number of amides is 2. The number of rotatable bonds is 6. The minimum atomic E-state index is -0.827. The Morgan fingerprint density at radius 3 is 2.70 bits per heavy atom. The van der Waals surface area contributed by atoms with Gasteiger partial charge >= 0.3 is 5.97 Å². The minimum Gasteiger partial charge on any atom is -0.452 e. The van der Waals surface area contributed by atoms with Gasteiger partial charge in [0.15, 0.2) is 6.61 Å². The molecular weight excluding hydrogens is 305 g/mol. The molecule has 7 nitrogen and oxygen atoms in total. The van der Waals surface area contributed by atoms with Gasteiger partial charge in [-0.05, 0) is 31.0 Å². The molecule has 1 fully saturated rings. The van der Waals surface area contributed by atoms with Crippen LogP contribution < -0.4 is 11.1 Å². The van der Waals surface area contributed by atoms with Crippen LogP contribution in [0.1, 0.15) is 23.2 Å². The van der Waals surface area contributed by atoms with Crippen molar-refractivity contribution >= 4 is 23.5 Å². The molecule has 0 aliphatic heterocycles. The smallest absolute Gasteiger partial charge is 0.340 e. The number of esters is 1. The van der Waals surface area contributed by atoms with E-state index in [-0.39, 0.29) is 29.7 Å². The van der Waals surface area contributed by atoms with Crippen LogP contribution in [0.4, 0.5) is 10.1 Å². The third kappa shape index (κ3) is 4.94. The van der Waals surface area contributed by atoms with Crippen LogP contribution in [0.15, 0.2) is 18.2 Å². The molecule has 1 aliphatic carbocycles. The van der Waals surface area contributed by atoms with Crippen molar-refractivity contribution in [1.29, 1.82) is 0 Å². The lowest BCUT2D eigenvalue weighted by Crippen LogP contribution is -2.40. The summed E-state index contributed by atoms with van der Waals surface area (Å²) in [4.78, 5) is 36.4. The topological polar surface area (TPSA) is 102 Å². The van der Waals surface area contributed by atoms with Gasteiger partial charge in [0.25, 0.3) is 5.91 Å². The van der Waals surface area contributed by atoms with E-state index in [1.807, 2.05) is 0 Å². The van der Waals surface area contributed by atoms with Crippen LogP contribution in [0.25, 0.3) is 0 Å². The molecule has 1 aliphatic rings. The maximum atomic E-state index is 12.9. The third-order valence-electron chi connectivity index (χ3n) is 3.31. The molecule has 0 aromatic heterocycles. The summed E-state index contributed by atoms with van der Waals surface area (Å²) in [5, 5.41) is 2.75. The first-order valence-corrected chi connectivity index (χ1v) is 7.12. The molecule has 23 heavy (non-hydrogen) atoms. The first-order chi connectivity index (χ1) is 10.9. The summed E-state index contributed by atoms with van der Waals surface area (Å²) in [6.07, 6.45) is 1.92. The second-order valence-electron chi connectivity index (χ2n) is 5.40.